The van der Waals surface area contributed by atoms with Crippen molar-refractivity contribution < 1.29 is 13.3 Å². The van der Waals surface area contributed by atoms with E-state index in [-0.39, 0.29) is 16.4 Å². The van der Waals surface area contributed by atoms with Gasteiger partial charge in [0.05, 0.1) is 15.5 Å². The van der Waals surface area contributed by atoms with Gasteiger partial charge in [0.25, 0.3) is 5.69 Å². The standard InChI is InChI=1S/C19H26N8O4S/c1-24-8-10-26(11-9-24)32(30,31)14-5-6-17(18(12-14)27(28)29)25(2)7-3-4-16-15(13-20)19(21)23-22-16/h5-6,12H,3-4,7-11H2,1-2H3,(H3,21,22,23). The first kappa shape index (κ1) is 23.5. The highest BCUT2D eigenvalue weighted by Gasteiger charge is 2.30. The average Bonchev–Trinajstić information content (AvgIpc) is 3.12. The lowest BCUT2D eigenvalue weighted by atomic mass is 10.1. The number of aryl methyl sites for hydroxylation is 1. The van der Waals surface area contributed by atoms with E-state index in [9.17, 15) is 18.5 Å². The highest BCUT2D eigenvalue weighted by Crippen LogP contribution is 2.31. The molecule has 1 fully saturated rings. The molecule has 0 bridgehead atoms. The molecule has 1 saturated heterocycles. The monoisotopic (exact) mass is 462 g/mol. The van der Waals surface area contributed by atoms with Crippen molar-refractivity contribution in [3.63, 3.8) is 0 Å². The number of nitrogens with zero attached hydrogens (tertiary/aromatic N) is 6. The molecule has 0 aliphatic carbocycles. The SMILES string of the molecule is CN1CCN(S(=O)(=O)c2ccc(N(C)CCCc3[nH]nc(N)c3C#N)c([N+](=O)[O-])c2)CC1. The maximum absolute atomic E-state index is 13.0. The first-order valence-corrected chi connectivity index (χ1v) is 11.5. The molecular formula is C19H26N8O4S. The number of nitrogens with two attached hydrogens (primary N) is 1. The lowest BCUT2D eigenvalue weighted by Gasteiger charge is -2.31. The summed E-state index contributed by atoms with van der Waals surface area (Å²) in [6.07, 6.45) is 1.06. The zero-order valence-electron chi connectivity index (χ0n) is 18.0. The van der Waals surface area contributed by atoms with Gasteiger partial charge in [0, 0.05) is 45.8 Å². The van der Waals surface area contributed by atoms with Crippen molar-refractivity contribution >= 4 is 27.2 Å². The second-order valence-electron chi connectivity index (χ2n) is 7.71. The van der Waals surface area contributed by atoms with Gasteiger partial charge < -0.3 is 15.5 Å². The Bertz CT molecular complexity index is 1130. The number of likely N-dealkylation sites (N-methyl/N-ethyl adjacent to an activating group) is 1. The molecule has 2 aromatic rings. The molecule has 0 unspecified atom stereocenters. The summed E-state index contributed by atoms with van der Waals surface area (Å²) in [5.74, 6) is 0.142. The van der Waals surface area contributed by atoms with E-state index >= 15 is 0 Å². The van der Waals surface area contributed by atoms with Crippen LogP contribution in [0.2, 0.25) is 0 Å². The minimum absolute atomic E-state index is 0.0856. The second kappa shape index (κ2) is 9.51. The molecule has 13 heteroatoms. The van der Waals surface area contributed by atoms with Gasteiger partial charge in [-0.05, 0) is 32.0 Å². The summed E-state index contributed by atoms with van der Waals surface area (Å²) >= 11 is 0. The predicted molar refractivity (Wildman–Crippen MR) is 119 cm³/mol. The molecule has 3 rings (SSSR count). The lowest BCUT2D eigenvalue weighted by molar-refractivity contribution is -0.384. The van der Waals surface area contributed by atoms with Crippen LogP contribution in [0.25, 0.3) is 0 Å². The van der Waals surface area contributed by atoms with Crippen LogP contribution in [0, 0.1) is 21.4 Å². The summed E-state index contributed by atoms with van der Waals surface area (Å²) in [6.45, 7) is 2.35. The maximum Gasteiger partial charge on any atom is 0.293 e. The number of benzene rings is 1. The van der Waals surface area contributed by atoms with E-state index in [1.54, 1.807) is 11.9 Å². The van der Waals surface area contributed by atoms with Crippen molar-refractivity contribution in [2.24, 2.45) is 0 Å². The van der Waals surface area contributed by atoms with Gasteiger partial charge in [-0.15, -0.1) is 0 Å². The summed E-state index contributed by atoms with van der Waals surface area (Å²) in [5, 5.41) is 27.4. The molecule has 1 aromatic carbocycles. The van der Waals surface area contributed by atoms with Crippen LogP contribution in [-0.2, 0) is 16.4 Å². The van der Waals surface area contributed by atoms with Crippen LogP contribution < -0.4 is 10.6 Å². The number of rotatable bonds is 8. The fraction of sp³-hybridized carbons (Fsp3) is 0.474. The number of H-pyrrole nitrogens is 1. The molecular weight excluding hydrogens is 436 g/mol. The molecule has 172 valence electrons. The van der Waals surface area contributed by atoms with E-state index in [2.05, 4.69) is 10.2 Å². The summed E-state index contributed by atoms with van der Waals surface area (Å²) in [7, 11) is -0.196. The Morgan fingerprint density at radius 1 is 1.34 bits per heavy atom. The van der Waals surface area contributed by atoms with Crippen molar-refractivity contribution in [1.29, 1.82) is 5.26 Å². The average molecular weight is 463 g/mol. The molecule has 0 spiro atoms. The van der Waals surface area contributed by atoms with Gasteiger partial charge in [0.2, 0.25) is 10.0 Å². The number of nitrogen functional groups attached to an aromatic ring is 1. The highest BCUT2D eigenvalue weighted by atomic mass is 32.2. The largest absolute Gasteiger partial charge is 0.381 e. The van der Waals surface area contributed by atoms with Crippen molar-refractivity contribution in [3.8, 4) is 6.07 Å². The zero-order valence-corrected chi connectivity index (χ0v) is 18.8. The molecule has 1 aliphatic rings. The summed E-state index contributed by atoms with van der Waals surface area (Å²) < 4.78 is 27.3. The van der Waals surface area contributed by atoms with E-state index in [1.165, 1.54) is 16.4 Å². The van der Waals surface area contributed by atoms with Gasteiger partial charge in [-0.2, -0.15) is 14.7 Å². The number of piperazine rings is 1. The van der Waals surface area contributed by atoms with Crippen LogP contribution in [0.3, 0.4) is 0 Å². The van der Waals surface area contributed by atoms with Crippen molar-refractivity contribution in [2.75, 3.05) is 57.5 Å². The summed E-state index contributed by atoms with van der Waals surface area (Å²) in [5.41, 5.74) is 6.59. The van der Waals surface area contributed by atoms with Crippen molar-refractivity contribution in [3.05, 3.63) is 39.6 Å². The topological polar surface area (TPSA) is 165 Å². The first-order valence-electron chi connectivity index (χ1n) is 10.1. The van der Waals surface area contributed by atoms with E-state index < -0.39 is 14.9 Å². The Kier molecular flexibility index (Phi) is 6.97. The quantitative estimate of drug-likeness (QED) is 0.426. The van der Waals surface area contributed by atoms with Crippen LogP contribution in [0.1, 0.15) is 17.7 Å². The molecule has 12 nitrogen and oxygen atoms in total. The molecule has 32 heavy (non-hydrogen) atoms. The number of hydrogen-bond donors (Lipinski definition) is 2. The highest BCUT2D eigenvalue weighted by molar-refractivity contribution is 7.89. The molecule has 0 atom stereocenters. The molecule has 0 saturated carbocycles. The van der Waals surface area contributed by atoms with Crippen LogP contribution in [0.15, 0.2) is 23.1 Å². The fourth-order valence-electron chi connectivity index (χ4n) is 3.62. The normalized spacial score (nSPS) is 15.4. The minimum Gasteiger partial charge on any atom is -0.381 e. The Morgan fingerprint density at radius 3 is 2.66 bits per heavy atom. The van der Waals surface area contributed by atoms with Gasteiger partial charge in [0.15, 0.2) is 5.82 Å². The van der Waals surface area contributed by atoms with Crippen LogP contribution >= 0.6 is 0 Å². The van der Waals surface area contributed by atoms with E-state index in [1.807, 2.05) is 18.0 Å². The Hall–Kier alpha value is -3.21. The third-order valence-electron chi connectivity index (χ3n) is 5.56. The second-order valence-corrected chi connectivity index (χ2v) is 9.65. The number of anilines is 2. The molecule has 0 radical (unpaired) electrons. The molecule has 3 N–H and O–H groups in total. The Labute approximate surface area is 186 Å². The van der Waals surface area contributed by atoms with Crippen molar-refractivity contribution in [2.45, 2.75) is 17.7 Å². The van der Waals surface area contributed by atoms with E-state index in [4.69, 9.17) is 11.0 Å². The number of aromatic amines is 1. The zero-order chi connectivity index (χ0) is 23.5. The number of hydrogen-bond acceptors (Lipinski definition) is 9. The molecule has 2 heterocycles. The minimum atomic E-state index is -3.81. The number of nitro benzene ring substituents is 1. The Balaban J connectivity index is 1.75. The van der Waals surface area contributed by atoms with Gasteiger partial charge in [-0.1, -0.05) is 0 Å². The smallest absolute Gasteiger partial charge is 0.293 e. The van der Waals surface area contributed by atoms with Gasteiger partial charge in [-0.3, -0.25) is 15.2 Å². The van der Waals surface area contributed by atoms with E-state index in [0.29, 0.717) is 62.5 Å². The maximum atomic E-state index is 13.0. The van der Waals surface area contributed by atoms with Gasteiger partial charge in [-0.25, -0.2) is 8.42 Å². The molecule has 1 aromatic heterocycles. The molecule has 0 amide bonds. The number of nitrogens with one attached hydrogen (secondary N) is 1. The Morgan fingerprint density at radius 2 is 2.03 bits per heavy atom. The van der Waals surface area contributed by atoms with Crippen molar-refractivity contribution in [1.82, 2.24) is 19.4 Å². The number of nitriles is 1. The number of nitro groups is 1. The number of sulfonamides is 1. The number of aromatic nitrogens is 2. The van der Waals surface area contributed by atoms with Crippen LogP contribution in [0.5, 0.6) is 0 Å². The fourth-order valence-corrected chi connectivity index (χ4v) is 5.07. The lowest BCUT2D eigenvalue weighted by Crippen LogP contribution is -2.47. The third kappa shape index (κ3) is 4.82. The van der Waals surface area contributed by atoms with E-state index in [0.717, 1.165) is 6.07 Å². The molecule has 1 aliphatic heterocycles. The van der Waals surface area contributed by atoms with Crippen LogP contribution in [-0.4, -0.2) is 79.6 Å². The first-order chi connectivity index (χ1) is 15.1. The van der Waals surface area contributed by atoms with Crippen LogP contribution in [0.4, 0.5) is 17.2 Å². The third-order valence-corrected chi connectivity index (χ3v) is 7.45. The van der Waals surface area contributed by atoms with Gasteiger partial charge >= 0.3 is 0 Å². The summed E-state index contributed by atoms with van der Waals surface area (Å²) in [6, 6.07) is 6.01. The predicted octanol–water partition coefficient (Wildman–Crippen LogP) is 0.777. The van der Waals surface area contributed by atoms with Gasteiger partial charge in [0.1, 0.15) is 17.3 Å². The summed E-state index contributed by atoms with van der Waals surface area (Å²) in [4.78, 5) is 14.8.